The Hall–Kier alpha value is -0.850. The Morgan fingerprint density at radius 1 is 1.30 bits per heavy atom. The van der Waals surface area contributed by atoms with Crippen molar-refractivity contribution in [2.24, 2.45) is 4.99 Å². The molecule has 0 heterocycles. The standard InChI is InChI=1S/C9H15N/c1-3-5-6-7-8-9-10-4-2/h4,6-9H,3,5H2,1-2H3/b7-6+,9-8?,10-4?. The van der Waals surface area contributed by atoms with Gasteiger partial charge in [-0.05, 0) is 19.4 Å². The summed E-state index contributed by atoms with van der Waals surface area (Å²) in [6.45, 7) is 4.07. The van der Waals surface area contributed by atoms with Gasteiger partial charge in [0.25, 0.3) is 0 Å². The van der Waals surface area contributed by atoms with Crippen molar-refractivity contribution < 1.29 is 0 Å². The molecule has 1 nitrogen and oxygen atoms in total. The molecule has 0 saturated carbocycles. The van der Waals surface area contributed by atoms with Gasteiger partial charge >= 0.3 is 0 Å². The predicted molar refractivity (Wildman–Crippen MR) is 47.4 cm³/mol. The van der Waals surface area contributed by atoms with Crippen LogP contribution in [-0.2, 0) is 0 Å². The second-order valence-corrected chi connectivity index (χ2v) is 1.97. The van der Waals surface area contributed by atoms with Crippen LogP contribution in [0.25, 0.3) is 0 Å². The van der Waals surface area contributed by atoms with E-state index in [1.54, 1.807) is 12.4 Å². The van der Waals surface area contributed by atoms with Gasteiger partial charge in [0.15, 0.2) is 0 Å². The molecule has 0 radical (unpaired) electrons. The van der Waals surface area contributed by atoms with Crippen molar-refractivity contribution in [3.8, 4) is 0 Å². The molecule has 0 fully saturated rings. The molecule has 0 aliphatic heterocycles. The van der Waals surface area contributed by atoms with Crippen molar-refractivity contribution in [1.82, 2.24) is 0 Å². The van der Waals surface area contributed by atoms with Gasteiger partial charge in [-0.25, -0.2) is 0 Å². The van der Waals surface area contributed by atoms with E-state index in [0.717, 1.165) is 6.42 Å². The van der Waals surface area contributed by atoms with Gasteiger partial charge in [0.05, 0.1) is 0 Å². The van der Waals surface area contributed by atoms with Crippen molar-refractivity contribution in [1.29, 1.82) is 0 Å². The zero-order chi connectivity index (χ0) is 7.66. The maximum absolute atomic E-state index is 3.91. The van der Waals surface area contributed by atoms with Crippen molar-refractivity contribution in [2.75, 3.05) is 0 Å². The second kappa shape index (κ2) is 8.15. The molecule has 0 aliphatic rings. The molecule has 0 bridgehead atoms. The van der Waals surface area contributed by atoms with Gasteiger partial charge in [0.1, 0.15) is 0 Å². The molecule has 0 amide bonds. The minimum absolute atomic E-state index is 1.15. The maximum Gasteiger partial charge on any atom is 0.0263 e. The van der Waals surface area contributed by atoms with Crippen LogP contribution in [0.5, 0.6) is 0 Å². The molecule has 0 N–H and O–H groups in total. The largest absolute Gasteiger partial charge is 0.269 e. The first-order valence-electron chi connectivity index (χ1n) is 3.71. The number of hydrogen-bond donors (Lipinski definition) is 0. The van der Waals surface area contributed by atoms with Crippen LogP contribution >= 0.6 is 0 Å². The van der Waals surface area contributed by atoms with Crippen molar-refractivity contribution in [3.63, 3.8) is 0 Å². The van der Waals surface area contributed by atoms with Gasteiger partial charge in [-0.3, -0.25) is 4.99 Å². The molecule has 56 valence electrons. The van der Waals surface area contributed by atoms with E-state index in [9.17, 15) is 0 Å². The van der Waals surface area contributed by atoms with Crippen LogP contribution in [0.3, 0.4) is 0 Å². The monoisotopic (exact) mass is 137 g/mol. The Balaban J connectivity index is 3.32. The zero-order valence-corrected chi connectivity index (χ0v) is 6.75. The molecular formula is C9H15N. The average Bonchev–Trinajstić information content (AvgIpc) is 1.97. The summed E-state index contributed by atoms with van der Waals surface area (Å²) in [6, 6.07) is 0. The van der Waals surface area contributed by atoms with Crippen molar-refractivity contribution in [3.05, 3.63) is 24.4 Å². The highest BCUT2D eigenvalue weighted by Crippen LogP contribution is 1.88. The Labute approximate surface area is 63.2 Å². The molecule has 0 saturated heterocycles. The zero-order valence-electron chi connectivity index (χ0n) is 6.75. The second-order valence-electron chi connectivity index (χ2n) is 1.97. The van der Waals surface area contributed by atoms with Crippen LogP contribution in [0.1, 0.15) is 26.7 Å². The Morgan fingerprint density at radius 3 is 2.70 bits per heavy atom. The minimum atomic E-state index is 1.15. The first kappa shape index (κ1) is 9.15. The number of hydrogen-bond acceptors (Lipinski definition) is 1. The van der Waals surface area contributed by atoms with Gasteiger partial charge in [0, 0.05) is 12.4 Å². The molecule has 10 heavy (non-hydrogen) atoms. The summed E-state index contributed by atoms with van der Waals surface area (Å²) in [5.41, 5.74) is 0. The SMILES string of the molecule is CC=NC=C/C=C/CCC. The summed E-state index contributed by atoms with van der Waals surface area (Å²) in [5, 5.41) is 0. The predicted octanol–water partition coefficient (Wildman–Crippen LogP) is 2.95. The van der Waals surface area contributed by atoms with Gasteiger partial charge in [-0.15, -0.1) is 0 Å². The average molecular weight is 137 g/mol. The fraction of sp³-hybridized carbons (Fsp3) is 0.444. The number of allylic oxidation sites excluding steroid dienone is 3. The Morgan fingerprint density at radius 2 is 2.10 bits per heavy atom. The fourth-order valence-corrected chi connectivity index (χ4v) is 0.527. The number of aliphatic imine (C=N–C) groups is 1. The van der Waals surface area contributed by atoms with E-state index in [0.29, 0.717) is 0 Å². The van der Waals surface area contributed by atoms with Crippen LogP contribution in [-0.4, -0.2) is 6.21 Å². The fourth-order valence-electron chi connectivity index (χ4n) is 0.527. The number of nitrogens with zero attached hydrogens (tertiary/aromatic N) is 1. The topological polar surface area (TPSA) is 12.4 Å². The third kappa shape index (κ3) is 7.15. The molecule has 0 rings (SSSR count). The summed E-state index contributed by atoms with van der Waals surface area (Å²) in [6.07, 6.45) is 12.0. The smallest absolute Gasteiger partial charge is 0.0263 e. The molecule has 0 aliphatic carbocycles. The molecule has 0 aromatic rings. The van der Waals surface area contributed by atoms with Crippen LogP contribution in [0, 0.1) is 0 Å². The third-order valence-electron chi connectivity index (χ3n) is 1.02. The normalized spacial score (nSPS) is 12.6. The van der Waals surface area contributed by atoms with Crippen LogP contribution in [0.15, 0.2) is 29.4 Å². The molecule has 0 spiro atoms. The summed E-state index contributed by atoms with van der Waals surface area (Å²) in [7, 11) is 0. The Bertz CT molecular complexity index is 132. The lowest BCUT2D eigenvalue weighted by Crippen LogP contribution is -1.59. The number of unbranched alkanes of at least 4 members (excludes halogenated alkanes) is 1. The van der Waals surface area contributed by atoms with E-state index >= 15 is 0 Å². The highest BCUT2D eigenvalue weighted by atomic mass is 14.6. The van der Waals surface area contributed by atoms with Crippen LogP contribution in [0.2, 0.25) is 0 Å². The van der Waals surface area contributed by atoms with Gasteiger partial charge in [-0.1, -0.05) is 25.5 Å². The van der Waals surface area contributed by atoms with E-state index < -0.39 is 0 Å². The molecule has 0 aromatic heterocycles. The van der Waals surface area contributed by atoms with Gasteiger partial charge in [0.2, 0.25) is 0 Å². The lowest BCUT2D eigenvalue weighted by Gasteiger charge is -1.78. The molecule has 0 atom stereocenters. The van der Waals surface area contributed by atoms with E-state index in [-0.39, 0.29) is 0 Å². The highest BCUT2D eigenvalue weighted by Gasteiger charge is 1.68. The van der Waals surface area contributed by atoms with Gasteiger partial charge < -0.3 is 0 Å². The first-order valence-corrected chi connectivity index (χ1v) is 3.71. The Kier molecular flexibility index (Phi) is 7.46. The summed E-state index contributed by atoms with van der Waals surface area (Å²) in [4.78, 5) is 3.91. The van der Waals surface area contributed by atoms with Gasteiger partial charge in [-0.2, -0.15) is 0 Å². The maximum atomic E-state index is 3.91. The van der Waals surface area contributed by atoms with E-state index in [2.05, 4.69) is 18.0 Å². The molecule has 0 unspecified atom stereocenters. The lowest BCUT2D eigenvalue weighted by atomic mass is 10.3. The highest BCUT2D eigenvalue weighted by molar-refractivity contribution is 5.54. The summed E-state index contributed by atoms with van der Waals surface area (Å²) < 4.78 is 0. The van der Waals surface area contributed by atoms with Crippen LogP contribution in [0.4, 0.5) is 0 Å². The van der Waals surface area contributed by atoms with E-state index in [1.807, 2.05) is 19.1 Å². The lowest BCUT2D eigenvalue weighted by molar-refractivity contribution is 0.959. The van der Waals surface area contributed by atoms with Crippen molar-refractivity contribution >= 4 is 6.21 Å². The van der Waals surface area contributed by atoms with E-state index in [4.69, 9.17) is 0 Å². The third-order valence-corrected chi connectivity index (χ3v) is 1.02. The van der Waals surface area contributed by atoms with Crippen molar-refractivity contribution in [2.45, 2.75) is 26.7 Å². The first-order chi connectivity index (χ1) is 4.91. The summed E-state index contributed by atoms with van der Waals surface area (Å²) in [5.74, 6) is 0. The summed E-state index contributed by atoms with van der Waals surface area (Å²) >= 11 is 0. The van der Waals surface area contributed by atoms with E-state index in [1.165, 1.54) is 6.42 Å². The molecule has 1 heteroatoms. The molecular weight excluding hydrogens is 122 g/mol. The quantitative estimate of drug-likeness (QED) is 0.417. The van der Waals surface area contributed by atoms with Crippen LogP contribution < -0.4 is 0 Å². The minimum Gasteiger partial charge on any atom is -0.269 e. The molecule has 0 aromatic carbocycles. The number of rotatable bonds is 4.